The third-order valence-corrected chi connectivity index (χ3v) is 7.48. The van der Waals surface area contributed by atoms with Crippen LogP contribution in [0.3, 0.4) is 0 Å². The molecule has 43 heavy (non-hydrogen) atoms. The molecule has 8 rings (SSSR count). The molecule has 0 unspecified atom stereocenters. The molecule has 6 nitrogen and oxygen atoms in total. The largest absolute Gasteiger partial charge is 0.255 e. The summed E-state index contributed by atoms with van der Waals surface area (Å²) in [5.41, 5.74) is 7.82. The van der Waals surface area contributed by atoms with Gasteiger partial charge in [-0.15, -0.1) is 0 Å². The first-order valence-corrected chi connectivity index (χ1v) is 13.8. The highest BCUT2D eigenvalue weighted by Crippen LogP contribution is 2.35. The van der Waals surface area contributed by atoms with Crippen LogP contribution in [0.2, 0.25) is 0 Å². The molecule has 0 spiro atoms. The van der Waals surface area contributed by atoms with E-state index in [2.05, 4.69) is 33.2 Å². The molecule has 0 fully saturated rings. The summed E-state index contributed by atoms with van der Waals surface area (Å²) >= 11 is 0. The van der Waals surface area contributed by atoms with Crippen molar-refractivity contribution in [3.63, 3.8) is 0 Å². The van der Waals surface area contributed by atoms with E-state index in [0.717, 1.165) is 55.4 Å². The molecule has 8 aromatic rings. The Hall–Kier alpha value is -5.95. The lowest BCUT2D eigenvalue weighted by Gasteiger charge is -2.13. The predicted molar refractivity (Wildman–Crippen MR) is 167 cm³/mol. The second-order valence-corrected chi connectivity index (χ2v) is 10.1. The summed E-state index contributed by atoms with van der Waals surface area (Å²) in [6.45, 7) is 0. The van der Waals surface area contributed by atoms with Crippen LogP contribution >= 0.6 is 0 Å². The van der Waals surface area contributed by atoms with Crippen molar-refractivity contribution in [2.24, 2.45) is 0 Å². The number of pyridine rings is 4. The zero-order valence-corrected chi connectivity index (χ0v) is 22.7. The molecule has 0 amide bonds. The summed E-state index contributed by atoms with van der Waals surface area (Å²) in [6.07, 6.45) is 3.50. The first-order valence-electron chi connectivity index (χ1n) is 13.8. The van der Waals surface area contributed by atoms with Gasteiger partial charge in [0.2, 0.25) is 5.95 Å². The molecule has 7 heteroatoms. The summed E-state index contributed by atoms with van der Waals surface area (Å²) in [4.78, 5) is 28.2. The Balaban J connectivity index is 1.32. The van der Waals surface area contributed by atoms with Crippen molar-refractivity contribution in [1.82, 2.24) is 29.9 Å². The number of hydrogen-bond donors (Lipinski definition) is 0. The van der Waals surface area contributed by atoms with Crippen molar-refractivity contribution < 1.29 is 4.39 Å². The lowest BCUT2D eigenvalue weighted by molar-refractivity contribution is 0.589. The van der Waals surface area contributed by atoms with Crippen LogP contribution in [-0.2, 0) is 0 Å². The highest BCUT2D eigenvalue weighted by molar-refractivity contribution is 6.04. The van der Waals surface area contributed by atoms with E-state index in [1.807, 2.05) is 84.9 Å². The average molecular weight is 557 g/mol. The third kappa shape index (κ3) is 4.44. The van der Waals surface area contributed by atoms with Crippen LogP contribution in [0.1, 0.15) is 0 Å². The van der Waals surface area contributed by atoms with Crippen molar-refractivity contribution in [2.75, 3.05) is 0 Å². The molecular weight excluding hydrogens is 535 g/mol. The van der Waals surface area contributed by atoms with Gasteiger partial charge in [0.25, 0.3) is 0 Å². The van der Waals surface area contributed by atoms with E-state index in [1.165, 1.54) is 6.07 Å². The van der Waals surface area contributed by atoms with Crippen molar-refractivity contribution >= 4 is 32.7 Å². The topological polar surface area (TPSA) is 77.3 Å². The Morgan fingerprint density at radius 3 is 1.95 bits per heavy atom. The highest BCUT2D eigenvalue weighted by Gasteiger charge is 2.17. The lowest BCUT2D eigenvalue weighted by Crippen LogP contribution is -1.98. The van der Waals surface area contributed by atoms with Crippen molar-refractivity contribution in [3.05, 3.63) is 134 Å². The van der Waals surface area contributed by atoms with Crippen LogP contribution in [0.25, 0.3) is 78.0 Å². The molecule has 5 aromatic heterocycles. The molecule has 5 heterocycles. The molecule has 0 atom stereocenters. The van der Waals surface area contributed by atoms with Gasteiger partial charge in [-0.2, -0.15) is 4.39 Å². The highest BCUT2D eigenvalue weighted by atomic mass is 19.1. The van der Waals surface area contributed by atoms with Gasteiger partial charge < -0.3 is 0 Å². The lowest BCUT2D eigenvalue weighted by atomic mass is 9.97. The molecule has 202 valence electrons. The van der Waals surface area contributed by atoms with Gasteiger partial charge in [-0.05, 0) is 54.1 Å². The molecule has 0 saturated heterocycles. The first-order chi connectivity index (χ1) is 21.2. The second kappa shape index (κ2) is 10.2. The van der Waals surface area contributed by atoms with E-state index in [-0.39, 0.29) is 0 Å². The fourth-order valence-corrected chi connectivity index (χ4v) is 5.44. The monoisotopic (exact) mass is 556 g/mol. The zero-order chi connectivity index (χ0) is 28.8. The van der Waals surface area contributed by atoms with Crippen LogP contribution in [0.15, 0.2) is 128 Å². The molecule has 0 bridgehead atoms. The number of benzene rings is 3. The maximum absolute atomic E-state index is 14.1. The summed E-state index contributed by atoms with van der Waals surface area (Å²) in [5.74, 6) is 0.00227. The molecule has 0 aliphatic rings. The summed E-state index contributed by atoms with van der Waals surface area (Å²) < 4.78 is 14.1. The SMILES string of the molecule is Fc1ccc2ccc3ccc(-c4cccc(-c5cccc6c(-c7ccccn7)nc(-c7ccccn7)nc56)c4)nc3c2n1. The Labute approximate surface area is 245 Å². The molecule has 0 aliphatic heterocycles. The third-order valence-electron chi connectivity index (χ3n) is 7.48. The molecule has 0 N–H and O–H groups in total. The Morgan fingerprint density at radius 1 is 0.465 bits per heavy atom. The number of halogens is 1. The first kappa shape index (κ1) is 24.8. The van der Waals surface area contributed by atoms with Crippen LogP contribution in [0, 0.1) is 5.95 Å². The zero-order valence-electron chi connectivity index (χ0n) is 22.7. The van der Waals surface area contributed by atoms with Gasteiger partial charge in [-0.1, -0.05) is 66.7 Å². The molecule has 0 radical (unpaired) electrons. The van der Waals surface area contributed by atoms with E-state index >= 15 is 0 Å². The smallest absolute Gasteiger partial charge is 0.213 e. The van der Waals surface area contributed by atoms with E-state index in [0.29, 0.717) is 22.6 Å². The maximum atomic E-state index is 14.1. The van der Waals surface area contributed by atoms with Gasteiger partial charge in [0.1, 0.15) is 11.4 Å². The van der Waals surface area contributed by atoms with Gasteiger partial charge in [0.15, 0.2) is 5.82 Å². The summed E-state index contributed by atoms with van der Waals surface area (Å²) in [6, 6.07) is 36.8. The maximum Gasteiger partial charge on any atom is 0.213 e. The quantitative estimate of drug-likeness (QED) is 0.160. The number of fused-ring (bicyclic) bond motifs is 4. The van der Waals surface area contributed by atoms with Gasteiger partial charge in [0.05, 0.1) is 27.9 Å². The normalized spacial score (nSPS) is 11.4. The second-order valence-electron chi connectivity index (χ2n) is 10.1. The van der Waals surface area contributed by atoms with Crippen molar-refractivity contribution in [1.29, 1.82) is 0 Å². The van der Waals surface area contributed by atoms with E-state index in [4.69, 9.17) is 15.0 Å². The van der Waals surface area contributed by atoms with Gasteiger partial charge >= 0.3 is 0 Å². The standard InChI is InChI=1S/C36H21FN6/c37-31-18-16-23-14-13-22-15-17-28(40-32(22)33(23)41-31)25-8-5-7-24(21-25)26-9-6-10-27-34(26)42-36(30-12-2-4-20-39-30)43-35(27)29-11-1-3-19-38-29/h1-21H. The van der Waals surface area contributed by atoms with Crippen LogP contribution in [-0.4, -0.2) is 29.9 Å². The number of hydrogen-bond acceptors (Lipinski definition) is 6. The number of aromatic nitrogens is 6. The minimum absolute atomic E-state index is 0.526. The molecular formula is C36H21FN6. The van der Waals surface area contributed by atoms with Crippen molar-refractivity contribution in [2.45, 2.75) is 0 Å². The number of para-hydroxylation sites is 1. The van der Waals surface area contributed by atoms with Crippen LogP contribution < -0.4 is 0 Å². The van der Waals surface area contributed by atoms with E-state index in [9.17, 15) is 4.39 Å². The minimum Gasteiger partial charge on any atom is -0.255 e. The van der Waals surface area contributed by atoms with Crippen LogP contribution in [0.5, 0.6) is 0 Å². The van der Waals surface area contributed by atoms with Gasteiger partial charge in [-0.3, -0.25) is 9.97 Å². The Bertz CT molecular complexity index is 2310. The predicted octanol–water partition coefficient (Wildman–Crippen LogP) is 8.32. The van der Waals surface area contributed by atoms with Gasteiger partial charge in [0, 0.05) is 39.7 Å². The Morgan fingerprint density at radius 2 is 1.16 bits per heavy atom. The van der Waals surface area contributed by atoms with E-state index < -0.39 is 5.95 Å². The fraction of sp³-hybridized carbons (Fsp3) is 0. The van der Waals surface area contributed by atoms with Crippen LogP contribution in [0.4, 0.5) is 4.39 Å². The number of nitrogens with zero attached hydrogens (tertiary/aromatic N) is 6. The fourth-order valence-electron chi connectivity index (χ4n) is 5.44. The summed E-state index contributed by atoms with van der Waals surface area (Å²) in [7, 11) is 0. The average Bonchev–Trinajstić information content (AvgIpc) is 3.08. The summed E-state index contributed by atoms with van der Waals surface area (Å²) in [5, 5.41) is 2.64. The molecule has 0 saturated carbocycles. The van der Waals surface area contributed by atoms with E-state index in [1.54, 1.807) is 18.5 Å². The van der Waals surface area contributed by atoms with Crippen molar-refractivity contribution in [3.8, 4) is 45.3 Å². The Kier molecular flexibility index (Phi) is 5.86. The number of rotatable bonds is 4. The molecule has 3 aromatic carbocycles. The minimum atomic E-state index is -0.526. The van der Waals surface area contributed by atoms with Gasteiger partial charge in [-0.25, -0.2) is 19.9 Å². The molecule has 0 aliphatic carbocycles.